The van der Waals surface area contributed by atoms with E-state index < -0.39 is 17.6 Å². The van der Waals surface area contributed by atoms with E-state index in [0.29, 0.717) is 105 Å². The first kappa shape index (κ1) is 60.4. The molecular weight excluding hydrogens is 1060 g/mol. The van der Waals surface area contributed by atoms with Gasteiger partial charge in [-0.15, -0.1) is 0 Å². The first-order valence-electron chi connectivity index (χ1n) is 28.4. The van der Waals surface area contributed by atoms with Gasteiger partial charge < -0.3 is 57.9 Å². The average molecular weight is 1140 g/mol. The predicted molar refractivity (Wildman–Crippen MR) is 329 cm³/mol. The molecule has 0 saturated carbocycles. The SMILES string of the molecule is CCO[Si](CCNC(=O)Nc1ccc(-c2nc(-c3cc(C(c4ccccc4)c4ccccc4)c(O)c(C(c4ccccc4)c4ccccc4)c3)[nH]c2-c2ccc(NC(=O)NCC[Si](OCC)(OCC)OCC)cc2)cc1)(OCC)OCC. The van der Waals surface area contributed by atoms with Crippen LogP contribution in [-0.4, -0.2) is 97.5 Å². The van der Waals surface area contributed by atoms with Crippen LogP contribution in [0, 0.1) is 0 Å². The molecule has 4 amide bonds. The van der Waals surface area contributed by atoms with Gasteiger partial charge in [0.2, 0.25) is 0 Å². The van der Waals surface area contributed by atoms with Crippen LogP contribution in [0.4, 0.5) is 21.0 Å². The van der Waals surface area contributed by atoms with Crippen molar-refractivity contribution < 1.29 is 41.3 Å². The van der Waals surface area contributed by atoms with Crippen LogP contribution in [0.1, 0.15) is 86.8 Å². The first-order valence-corrected chi connectivity index (χ1v) is 32.2. The second-order valence-electron chi connectivity index (χ2n) is 19.2. The number of urea groups is 2. The zero-order valence-corrected chi connectivity index (χ0v) is 49.7. The van der Waals surface area contributed by atoms with Gasteiger partial charge >= 0.3 is 29.7 Å². The minimum atomic E-state index is -2.96. The Morgan fingerprint density at radius 3 is 1.12 bits per heavy atom. The van der Waals surface area contributed by atoms with E-state index in [-0.39, 0.29) is 29.6 Å². The highest BCUT2D eigenvalue weighted by atomic mass is 28.4. The maximum Gasteiger partial charge on any atom is 0.502 e. The van der Waals surface area contributed by atoms with E-state index in [0.717, 1.165) is 38.9 Å². The lowest BCUT2D eigenvalue weighted by Gasteiger charge is -2.28. The molecule has 6 N–H and O–H groups in total. The van der Waals surface area contributed by atoms with Crippen molar-refractivity contribution in [2.24, 2.45) is 0 Å². The van der Waals surface area contributed by atoms with Crippen LogP contribution in [0.15, 0.2) is 182 Å². The molecule has 0 saturated heterocycles. The quantitative estimate of drug-likeness (QED) is 0.0195. The van der Waals surface area contributed by atoms with Gasteiger partial charge in [0.05, 0.1) is 11.4 Å². The number of hydrogen-bond donors (Lipinski definition) is 6. The third-order valence-corrected chi connectivity index (χ3v) is 19.9. The fraction of sp³-hybridized carbons (Fsp3) is 0.277. The molecule has 0 aliphatic carbocycles. The lowest BCUT2D eigenvalue weighted by atomic mass is 9.78. The van der Waals surface area contributed by atoms with Crippen LogP contribution >= 0.6 is 0 Å². The van der Waals surface area contributed by atoms with Gasteiger partial charge in [0, 0.05) is 116 Å². The molecule has 7 aromatic carbocycles. The number of imidazole rings is 1. The summed E-state index contributed by atoms with van der Waals surface area (Å²) in [5.41, 5.74) is 10.3. The summed E-state index contributed by atoms with van der Waals surface area (Å²) in [6, 6.07) is 60.3. The zero-order chi connectivity index (χ0) is 57.7. The van der Waals surface area contributed by atoms with E-state index in [1.807, 2.05) is 175 Å². The fourth-order valence-corrected chi connectivity index (χ4v) is 15.2. The Hall–Kier alpha value is -7.72. The Labute approximate surface area is 484 Å². The molecule has 0 bridgehead atoms. The molecule has 8 rings (SSSR count). The Bertz CT molecular complexity index is 2920. The number of carbonyl (C=O) groups is 2. The average Bonchev–Trinajstić information content (AvgIpc) is 4.13. The van der Waals surface area contributed by atoms with E-state index in [9.17, 15) is 14.7 Å². The monoisotopic (exact) mass is 1140 g/mol. The molecule has 8 aromatic rings. The van der Waals surface area contributed by atoms with Gasteiger partial charge in [0.25, 0.3) is 0 Å². The van der Waals surface area contributed by atoms with Gasteiger partial charge in [-0.05, 0) is 100 Å². The number of aromatic hydroxyl groups is 1. The molecule has 82 heavy (non-hydrogen) atoms. The normalized spacial score (nSPS) is 11.7. The third-order valence-electron chi connectivity index (χ3n) is 13.8. The molecule has 0 aliphatic rings. The van der Waals surface area contributed by atoms with Gasteiger partial charge in [-0.1, -0.05) is 146 Å². The van der Waals surface area contributed by atoms with Crippen LogP contribution in [-0.2, 0) is 26.6 Å². The van der Waals surface area contributed by atoms with Crippen molar-refractivity contribution in [1.82, 2.24) is 20.6 Å². The van der Waals surface area contributed by atoms with Gasteiger partial charge in [-0.2, -0.15) is 0 Å². The topological polar surface area (TPSA) is 187 Å². The number of phenolic OH excluding ortho intramolecular Hbond substituents is 1. The van der Waals surface area contributed by atoms with Crippen molar-refractivity contribution in [3.05, 3.63) is 215 Å². The van der Waals surface area contributed by atoms with E-state index in [1.165, 1.54) is 0 Å². The molecule has 0 spiro atoms. The second-order valence-corrected chi connectivity index (χ2v) is 24.7. The molecule has 0 aliphatic heterocycles. The molecule has 0 radical (unpaired) electrons. The molecule has 0 fully saturated rings. The maximum absolute atomic E-state index is 13.3. The number of rotatable bonds is 29. The number of benzene rings is 7. The van der Waals surface area contributed by atoms with E-state index in [4.69, 9.17) is 31.5 Å². The van der Waals surface area contributed by atoms with Crippen molar-refractivity contribution in [1.29, 1.82) is 0 Å². The molecule has 0 atom stereocenters. The number of hydrogen-bond acceptors (Lipinski definition) is 10. The third kappa shape index (κ3) is 15.4. The molecule has 1 heterocycles. The number of H-pyrrole nitrogens is 1. The predicted octanol–water partition coefficient (Wildman–Crippen LogP) is 13.8. The van der Waals surface area contributed by atoms with Crippen LogP contribution < -0.4 is 21.3 Å². The number of phenols is 1. The summed E-state index contributed by atoms with van der Waals surface area (Å²) in [4.78, 5) is 35.8. The van der Waals surface area contributed by atoms with Crippen molar-refractivity contribution in [3.63, 3.8) is 0 Å². The summed E-state index contributed by atoms with van der Waals surface area (Å²) in [5.74, 6) is 0.0314. The minimum absolute atomic E-state index is 0.184. The van der Waals surface area contributed by atoms with Gasteiger partial charge in [0.15, 0.2) is 0 Å². The van der Waals surface area contributed by atoms with Gasteiger partial charge in [-0.25, -0.2) is 14.6 Å². The molecule has 428 valence electrons. The molecule has 17 heteroatoms. The minimum Gasteiger partial charge on any atom is -0.507 e. The summed E-state index contributed by atoms with van der Waals surface area (Å²) in [7, 11) is -5.93. The summed E-state index contributed by atoms with van der Waals surface area (Å²) in [6.07, 6.45) is 0. The van der Waals surface area contributed by atoms with Crippen LogP contribution in [0.3, 0.4) is 0 Å². The van der Waals surface area contributed by atoms with Crippen molar-refractivity contribution in [2.75, 3.05) is 63.4 Å². The van der Waals surface area contributed by atoms with Gasteiger partial charge in [0.1, 0.15) is 11.6 Å². The number of aromatic nitrogens is 2. The number of carbonyl (C=O) groups excluding carboxylic acids is 2. The number of nitrogens with one attached hydrogen (secondary N) is 5. The Kier molecular flexibility index (Phi) is 22.0. The maximum atomic E-state index is 13.3. The summed E-state index contributed by atoms with van der Waals surface area (Å²) in [5, 5.41) is 24.8. The zero-order valence-electron chi connectivity index (χ0n) is 47.7. The number of anilines is 2. The lowest BCUT2D eigenvalue weighted by molar-refractivity contribution is 0.0707. The highest BCUT2D eigenvalue weighted by molar-refractivity contribution is 6.61. The Balaban J connectivity index is 1.19. The standard InChI is InChI=1S/C65H76N6O9Si2/c1-7-75-81(76-8-2,77-9-3)43-41-66-64(73)68-54-37-33-51(34-38-54)60-61(52-35-39-55(40-36-52)69-65(74)67-42-44-82(78-10-4,79-11-5)80-12-6)71-63(70-60)53-45-56(58(47-25-17-13-18-26-47)48-27-19-14-20-28-48)62(72)57(46-53)59(49-29-21-15-22-30-49)50-31-23-16-24-32-50/h13-40,45-46,58-59,72H,7-12,41-44H2,1-6H3,(H,70,71)(H2,66,68,73)(H2,67,69,74). The summed E-state index contributed by atoms with van der Waals surface area (Å²) < 4.78 is 35.9. The summed E-state index contributed by atoms with van der Waals surface area (Å²) >= 11 is 0. The Morgan fingerprint density at radius 2 is 0.793 bits per heavy atom. The van der Waals surface area contributed by atoms with E-state index >= 15 is 0 Å². The highest BCUT2D eigenvalue weighted by Gasteiger charge is 2.41. The largest absolute Gasteiger partial charge is 0.507 e. The van der Waals surface area contributed by atoms with E-state index in [1.54, 1.807) is 0 Å². The van der Waals surface area contributed by atoms with Crippen LogP contribution in [0.25, 0.3) is 33.9 Å². The van der Waals surface area contributed by atoms with Crippen molar-refractivity contribution in [2.45, 2.75) is 65.5 Å². The van der Waals surface area contributed by atoms with Crippen molar-refractivity contribution >= 4 is 41.0 Å². The van der Waals surface area contributed by atoms with Crippen LogP contribution in [0.2, 0.25) is 12.1 Å². The molecular formula is C65H76N6O9Si2. The number of amides is 4. The molecule has 0 unspecified atom stereocenters. The van der Waals surface area contributed by atoms with Crippen LogP contribution in [0.5, 0.6) is 5.75 Å². The smallest absolute Gasteiger partial charge is 0.502 e. The highest BCUT2D eigenvalue weighted by Crippen LogP contribution is 2.47. The fourth-order valence-electron chi connectivity index (χ4n) is 10.3. The summed E-state index contributed by atoms with van der Waals surface area (Å²) in [6.45, 7) is 14.7. The molecule has 15 nitrogen and oxygen atoms in total. The van der Waals surface area contributed by atoms with E-state index in [2.05, 4.69) is 74.8 Å². The lowest BCUT2D eigenvalue weighted by Crippen LogP contribution is -2.48. The number of nitrogens with zero attached hydrogens (tertiary/aromatic N) is 1. The molecule has 1 aromatic heterocycles. The Morgan fingerprint density at radius 1 is 0.463 bits per heavy atom. The number of aromatic amines is 1. The first-order chi connectivity index (χ1) is 40.1. The van der Waals surface area contributed by atoms with Crippen molar-refractivity contribution in [3.8, 4) is 39.7 Å². The van der Waals surface area contributed by atoms with Gasteiger partial charge in [-0.3, -0.25) is 0 Å². The second kappa shape index (κ2) is 29.8.